The Hall–Kier alpha value is -1.86. The molecule has 0 spiro atoms. The van der Waals surface area contributed by atoms with E-state index in [1.165, 1.54) is 12.1 Å². The fourth-order valence-electron chi connectivity index (χ4n) is 2.24. The van der Waals surface area contributed by atoms with Gasteiger partial charge in [-0.3, -0.25) is 5.32 Å². The van der Waals surface area contributed by atoms with Crippen LogP contribution < -0.4 is 20.7 Å². The van der Waals surface area contributed by atoms with Crippen LogP contribution in [0.1, 0.15) is 13.3 Å². The molecular formula is C15H22FN3O3. The molecule has 1 heterocycles. The number of hydrogen-bond donors (Lipinski definition) is 3. The summed E-state index contributed by atoms with van der Waals surface area (Å²) in [4.78, 5) is 11.6. The average Bonchev–Trinajstić information content (AvgIpc) is 2.95. The summed E-state index contributed by atoms with van der Waals surface area (Å²) in [5.41, 5.74) is 0.330. The van der Waals surface area contributed by atoms with Gasteiger partial charge in [0.15, 0.2) is 11.6 Å². The van der Waals surface area contributed by atoms with Gasteiger partial charge >= 0.3 is 6.09 Å². The summed E-state index contributed by atoms with van der Waals surface area (Å²) in [5.74, 6) is -0.316. The highest BCUT2D eigenvalue weighted by molar-refractivity contribution is 5.84. The summed E-state index contributed by atoms with van der Waals surface area (Å²) >= 11 is 0. The Bertz CT molecular complexity index is 507. The number of ether oxygens (including phenoxy) is 2. The Balaban J connectivity index is 1.89. The van der Waals surface area contributed by atoms with Gasteiger partial charge in [0.25, 0.3) is 0 Å². The Morgan fingerprint density at radius 1 is 1.55 bits per heavy atom. The van der Waals surface area contributed by atoms with Gasteiger partial charge in [0.05, 0.1) is 0 Å². The third kappa shape index (κ3) is 4.85. The van der Waals surface area contributed by atoms with Gasteiger partial charge in [0.2, 0.25) is 0 Å². The minimum atomic E-state index is -0.615. The van der Waals surface area contributed by atoms with E-state index in [1.54, 1.807) is 20.0 Å². The fraction of sp³-hybridized carbons (Fsp3) is 0.533. The van der Waals surface area contributed by atoms with Crippen molar-refractivity contribution in [2.24, 2.45) is 0 Å². The van der Waals surface area contributed by atoms with Gasteiger partial charge < -0.3 is 20.1 Å². The van der Waals surface area contributed by atoms with Gasteiger partial charge in [0, 0.05) is 24.8 Å². The van der Waals surface area contributed by atoms with E-state index in [2.05, 4.69) is 16.0 Å². The molecule has 0 saturated carbocycles. The topological polar surface area (TPSA) is 71.6 Å². The first-order valence-electron chi connectivity index (χ1n) is 7.37. The first-order chi connectivity index (χ1) is 10.6. The van der Waals surface area contributed by atoms with Crippen LogP contribution in [0, 0.1) is 5.82 Å². The molecule has 2 rings (SSSR count). The van der Waals surface area contributed by atoms with Gasteiger partial charge in [-0.2, -0.15) is 0 Å². The third-order valence-electron chi connectivity index (χ3n) is 3.29. The van der Waals surface area contributed by atoms with Crippen LogP contribution in [0.25, 0.3) is 0 Å². The molecule has 1 aliphatic rings. The lowest BCUT2D eigenvalue weighted by atomic mass is 10.2. The Labute approximate surface area is 129 Å². The molecular weight excluding hydrogens is 289 g/mol. The van der Waals surface area contributed by atoms with Crippen LogP contribution in [-0.4, -0.2) is 45.0 Å². The van der Waals surface area contributed by atoms with Crippen molar-refractivity contribution in [3.8, 4) is 5.75 Å². The number of anilines is 1. The van der Waals surface area contributed by atoms with Crippen LogP contribution in [0.15, 0.2) is 18.2 Å². The Morgan fingerprint density at radius 2 is 2.36 bits per heavy atom. The van der Waals surface area contributed by atoms with Crippen molar-refractivity contribution in [1.29, 1.82) is 0 Å². The molecule has 1 unspecified atom stereocenters. The minimum absolute atomic E-state index is 0.0133. The summed E-state index contributed by atoms with van der Waals surface area (Å²) in [7, 11) is 1.77. The van der Waals surface area contributed by atoms with Crippen LogP contribution in [-0.2, 0) is 4.74 Å². The van der Waals surface area contributed by atoms with Crippen molar-refractivity contribution in [2.45, 2.75) is 25.6 Å². The maximum absolute atomic E-state index is 14.0. The summed E-state index contributed by atoms with van der Waals surface area (Å²) < 4.78 is 24.7. The summed E-state index contributed by atoms with van der Waals surface area (Å²) in [6.45, 7) is 3.91. The lowest BCUT2D eigenvalue weighted by Gasteiger charge is -2.15. The number of hydrogen-bond acceptors (Lipinski definition) is 5. The SMILES string of the molecule is CNC[C@@H](C)OC(=O)Nc1ccc(OC2CCNC2)c(F)c1. The van der Waals surface area contributed by atoms with E-state index in [9.17, 15) is 9.18 Å². The second-order valence-corrected chi connectivity index (χ2v) is 5.28. The number of carbonyl (C=O) groups excluding carboxylic acids is 1. The summed E-state index contributed by atoms with van der Waals surface area (Å²) in [6, 6.07) is 4.33. The number of nitrogens with one attached hydrogen (secondary N) is 3. The molecule has 22 heavy (non-hydrogen) atoms. The number of rotatable bonds is 6. The smallest absolute Gasteiger partial charge is 0.411 e. The van der Waals surface area contributed by atoms with E-state index >= 15 is 0 Å². The van der Waals surface area contributed by atoms with Crippen molar-refractivity contribution in [3.05, 3.63) is 24.0 Å². The van der Waals surface area contributed by atoms with Crippen LogP contribution in [0.3, 0.4) is 0 Å². The van der Waals surface area contributed by atoms with Crippen molar-refractivity contribution >= 4 is 11.8 Å². The van der Waals surface area contributed by atoms with E-state index in [1.807, 2.05) is 0 Å². The highest BCUT2D eigenvalue weighted by atomic mass is 19.1. The fourth-order valence-corrected chi connectivity index (χ4v) is 2.24. The standard InChI is InChI=1S/C15H22FN3O3/c1-10(8-17-2)21-15(20)19-11-3-4-14(13(16)7-11)22-12-5-6-18-9-12/h3-4,7,10,12,17-18H,5-6,8-9H2,1-2H3,(H,19,20)/t10-,12?/m1/s1. The molecule has 1 saturated heterocycles. The zero-order chi connectivity index (χ0) is 15.9. The molecule has 2 atom stereocenters. The van der Waals surface area contributed by atoms with Crippen molar-refractivity contribution in [3.63, 3.8) is 0 Å². The van der Waals surface area contributed by atoms with Crippen molar-refractivity contribution in [1.82, 2.24) is 10.6 Å². The molecule has 7 heteroatoms. The second-order valence-electron chi connectivity index (χ2n) is 5.28. The van der Waals surface area contributed by atoms with Crippen LogP contribution >= 0.6 is 0 Å². The zero-order valence-corrected chi connectivity index (χ0v) is 12.8. The van der Waals surface area contributed by atoms with Gasteiger partial charge in [0.1, 0.15) is 12.2 Å². The summed E-state index contributed by atoms with van der Waals surface area (Å²) in [6.07, 6.45) is -0.0430. The lowest BCUT2D eigenvalue weighted by molar-refractivity contribution is 0.121. The molecule has 0 radical (unpaired) electrons. The minimum Gasteiger partial charge on any atom is -0.486 e. The quantitative estimate of drug-likeness (QED) is 0.746. The number of amides is 1. The molecule has 1 aromatic carbocycles. The van der Waals surface area contributed by atoms with Crippen molar-refractivity contribution < 1.29 is 18.7 Å². The molecule has 0 aliphatic carbocycles. The number of halogens is 1. The highest BCUT2D eigenvalue weighted by Crippen LogP contribution is 2.23. The molecule has 122 valence electrons. The predicted octanol–water partition coefficient (Wildman–Crippen LogP) is 1.72. The van der Waals surface area contributed by atoms with Crippen LogP contribution in [0.2, 0.25) is 0 Å². The van der Waals surface area contributed by atoms with E-state index in [0.717, 1.165) is 19.5 Å². The van der Waals surface area contributed by atoms with Crippen LogP contribution in [0.4, 0.5) is 14.9 Å². The molecule has 1 fully saturated rings. The molecule has 1 aromatic rings. The molecule has 0 aromatic heterocycles. The van der Waals surface area contributed by atoms with Gasteiger partial charge in [-0.1, -0.05) is 0 Å². The van der Waals surface area contributed by atoms with Crippen molar-refractivity contribution in [2.75, 3.05) is 32.0 Å². The Kier molecular flexibility index (Phi) is 5.97. The maximum atomic E-state index is 14.0. The van der Waals surface area contributed by atoms with E-state index < -0.39 is 11.9 Å². The molecule has 6 nitrogen and oxygen atoms in total. The largest absolute Gasteiger partial charge is 0.486 e. The lowest BCUT2D eigenvalue weighted by Crippen LogP contribution is -2.28. The van der Waals surface area contributed by atoms with E-state index in [-0.39, 0.29) is 18.0 Å². The number of benzene rings is 1. The molecule has 1 aliphatic heterocycles. The third-order valence-corrected chi connectivity index (χ3v) is 3.29. The number of carbonyl (C=O) groups is 1. The average molecular weight is 311 g/mol. The summed E-state index contributed by atoms with van der Waals surface area (Å²) in [5, 5.41) is 8.55. The van der Waals surface area contributed by atoms with E-state index in [4.69, 9.17) is 9.47 Å². The zero-order valence-electron chi connectivity index (χ0n) is 12.8. The molecule has 1 amide bonds. The van der Waals surface area contributed by atoms with Gasteiger partial charge in [-0.05, 0) is 39.1 Å². The molecule has 0 bridgehead atoms. The van der Waals surface area contributed by atoms with Gasteiger partial charge in [-0.15, -0.1) is 0 Å². The molecule has 3 N–H and O–H groups in total. The monoisotopic (exact) mass is 311 g/mol. The second kappa shape index (κ2) is 7.95. The van der Waals surface area contributed by atoms with Gasteiger partial charge in [-0.25, -0.2) is 9.18 Å². The maximum Gasteiger partial charge on any atom is 0.411 e. The highest BCUT2D eigenvalue weighted by Gasteiger charge is 2.18. The van der Waals surface area contributed by atoms with Crippen LogP contribution in [0.5, 0.6) is 5.75 Å². The van der Waals surface area contributed by atoms with E-state index in [0.29, 0.717) is 12.2 Å². The Morgan fingerprint density at radius 3 is 3.00 bits per heavy atom. The first-order valence-corrected chi connectivity index (χ1v) is 7.37. The number of likely N-dealkylation sites (N-methyl/N-ethyl adjacent to an activating group) is 1. The first kappa shape index (κ1) is 16.5. The predicted molar refractivity (Wildman–Crippen MR) is 81.8 cm³/mol. The normalized spacial score (nSPS) is 18.8.